The number of rotatable bonds is 10. The Hall–Kier alpha value is -1.31. The maximum atomic E-state index is 12.4. The molecule has 0 aliphatic heterocycles. The number of ether oxygens (including phenoxy) is 1. The van der Waals surface area contributed by atoms with Crippen LogP contribution in [0.3, 0.4) is 0 Å². The maximum absolute atomic E-state index is 12.4. The molecule has 140 valence electrons. The Kier molecular flexibility index (Phi) is 9.07. The largest absolute Gasteiger partial charge is 0.426 e. The van der Waals surface area contributed by atoms with Crippen molar-refractivity contribution in [2.45, 2.75) is 90.9 Å². The van der Waals surface area contributed by atoms with Crippen LogP contribution in [0.4, 0.5) is 0 Å². The molecular formula is C23H36O2. The molecule has 1 aliphatic carbocycles. The molecule has 0 bridgehead atoms. The second kappa shape index (κ2) is 11.3. The molecule has 2 rings (SSSR count). The van der Waals surface area contributed by atoms with Crippen molar-refractivity contribution in [3.63, 3.8) is 0 Å². The highest BCUT2D eigenvalue weighted by Crippen LogP contribution is 2.32. The summed E-state index contributed by atoms with van der Waals surface area (Å²) in [6.45, 7) is 4.49. The summed E-state index contributed by atoms with van der Waals surface area (Å²) in [6, 6.07) is 8.13. The fourth-order valence-corrected chi connectivity index (χ4v) is 3.86. The Morgan fingerprint density at radius 3 is 2.24 bits per heavy atom. The van der Waals surface area contributed by atoms with Gasteiger partial charge in [-0.05, 0) is 62.1 Å². The second-order valence-corrected chi connectivity index (χ2v) is 7.74. The predicted molar refractivity (Wildman–Crippen MR) is 105 cm³/mol. The average molecular weight is 345 g/mol. The van der Waals surface area contributed by atoms with E-state index in [0.717, 1.165) is 25.2 Å². The summed E-state index contributed by atoms with van der Waals surface area (Å²) in [7, 11) is 0. The minimum atomic E-state index is -0.0235. The molecule has 2 heteroatoms. The van der Waals surface area contributed by atoms with Crippen molar-refractivity contribution in [1.82, 2.24) is 0 Å². The lowest BCUT2D eigenvalue weighted by Crippen LogP contribution is -2.25. The van der Waals surface area contributed by atoms with Crippen LogP contribution in [-0.4, -0.2) is 5.97 Å². The van der Waals surface area contributed by atoms with Gasteiger partial charge in [0, 0.05) is 0 Å². The predicted octanol–water partition coefficient (Wildman–Crippen LogP) is 6.71. The number of hydrogen-bond donors (Lipinski definition) is 0. The molecule has 1 fully saturated rings. The first-order valence-corrected chi connectivity index (χ1v) is 10.5. The summed E-state index contributed by atoms with van der Waals surface area (Å²) in [5, 5.41) is 0. The molecule has 0 atom stereocenters. The van der Waals surface area contributed by atoms with Gasteiger partial charge in [-0.15, -0.1) is 0 Å². The lowest BCUT2D eigenvalue weighted by molar-refractivity contribution is -0.140. The van der Waals surface area contributed by atoms with Gasteiger partial charge in [0.25, 0.3) is 0 Å². The second-order valence-electron chi connectivity index (χ2n) is 7.74. The van der Waals surface area contributed by atoms with Crippen LogP contribution in [0.5, 0.6) is 5.75 Å². The number of unbranched alkanes of at least 4 members (excludes halogenated alkanes) is 4. The molecule has 0 unspecified atom stereocenters. The first-order chi connectivity index (χ1) is 12.2. The monoisotopic (exact) mass is 344 g/mol. The van der Waals surface area contributed by atoms with Crippen LogP contribution in [-0.2, 0) is 11.2 Å². The Morgan fingerprint density at radius 1 is 0.920 bits per heavy atom. The van der Waals surface area contributed by atoms with Crippen LogP contribution < -0.4 is 4.74 Å². The van der Waals surface area contributed by atoms with Gasteiger partial charge in [-0.2, -0.15) is 0 Å². The van der Waals surface area contributed by atoms with Crippen molar-refractivity contribution in [2.75, 3.05) is 0 Å². The fraction of sp³-hybridized carbons (Fsp3) is 0.696. The van der Waals surface area contributed by atoms with Gasteiger partial charge in [0.15, 0.2) is 0 Å². The van der Waals surface area contributed by atoms with Crippen molar-refractivity contribution >= 4 is 5.97 Å². The zero-order valence-electron chi connectivity index (χ0n) is 16.3. The van der Waals surface area contributed by atoms with Gasteiger partial charge in [-0.25, -0.2) is 0 Å². The minimum absolute atomic E-state index is 0.0235. The van der Waals surface area contributed by atoms with Crippen molar-refractivity contribution in [1.29, 1.82) is 0 Å². The van der Waals surface area contributed by atoms with E-state index in [-0.39, 0.29) is 11.9 Å². The number of benzene rings is 1. The normalized spacial score (nSPS) is 20.4. The van der Waals surface area contributed by atoms with Crippen molar-refractivity contribution in [3.8, 4) is 5.75 Å². The van der Waals surface area contributed by atoms with E-state index in [4.69, 9.17) is 4.74 Å². The quantitative estimate of drug-likeness (QED) is 0.268. The van der Waals surface area contributed by atoms with Crippen LogP contribution >= 0.6 is 0 Å². The Balaban J connectivity index is 1.71. The zero-order chi connectivity index (χ0) is 17.9. The van der Waals surface area contributed by atoms with E-state index in [9.17, 15) is 4.79 Å². The van der Waals surface area contributed by atoms with Gasteiger partial charge in [0.2, 0.25) is 0 Å². The Morgan fingerprint density at radius 2 is 1.60 bits per heavy atom. The lowest BCUT2D eigenvalue weighted by atomic mass is 9.80. The van der Waals surface area contributed by atoms with Crippen LogP contribution in [0.15, 0.2) is 24.3 Å². The van der Waals surface area contributed by atoms with Crippen LogP contribution in [0, 0.1) is 11.8 Å². The maximum Gasteiger partial charge on any atom is 0.314 e. The number of aryl methyl sites for hydroxylation is 1. The van der Waals surface area contributed by atoms with Crippen LogP contribution in [0.25, 0.3) is 0 Å². The molecule has 25 heavy (non-hydrogen) atoms. The molecule has 0 heterocycles. The molecule has 0 N–H and O–H groups in total. The topological polar surface area (TPSA) is 26.3 Å². The molecule has 1 aliphatic rings. The Bertz CT molecular complexity index is 483. The van der Waals surface area contributed by atoms with Crippen molar-refractivity contribution in [3.05, 3.63) is 29.8 Å². The number of carbonyl (C=O) groups excluding carboxylic acids is 1. The van der Waals surface area contributed by atoms with Crippen molar-refractivity contribution < 1.29 is 9.53 Å². The lowest BCUT2D eigenvalue weighted by Gasteiger charge is -2.27. The standard InChI is InChI=1S/C23H36O2/c1-3-5-7-8-10-20-13-17-22(18-14-20)25-23(24)21-15-11-19(12-16-21)9-6-4-2/h13-14,17-19,21H,3-12,15-16H2,1-2H3/t19-,21-. The fourth-order valence-electron chi connectivity index (χ4n) is 3.86. The molecule has 0 amide bonds. The van der Waals surface area contributed by atoms with E-state index < -0.39 is 0 Å². The molecule has 1 aromatic carbocycles. The number of carbonyl (C=O) groups is 1. The molecule has 1 aromatic rings. The average Bonchev–Trinajstić information content (AvgIpc) is 2.65. The first-order valence-electron chi connectivity index (χ1n) is 10.5. The van der Waals surface area contributed by atoms with E-state index in [2.05, 4.69) is 26.0 Å². The molecule has 0 spiro atoms. The van der Waals surface area contributed by atoms with E-state index in [1.807, 2.05) is 12.1 Å². The molecule has 1 saturated carbocycles. The summed E-state index contributed by atoms with van der Waals surface area (Å²) in [6.07, 6.45) is 14.6. The number of hydrogen-bond acceptors (Lipinski definition) is 2. The van der Waals surface area contributed by atoms with Gasteiger partial charge >= 0.3 is 5.97 Å². The van der Waals surface area contributed by atoms with Gasteiger partial charge < -0.3 is 4.74 Å². The summed E-state index contributed by atoms with van der Waals surface area (Å²) in [5.74, 6) is 1.61. The number of esters is 1. The molecular weight excluding hydrogens is 308 g/mol. The summed E-state index contributed by atoms with van der Waals surface area (Å²) in [4.78, 5) is 12.4. The smallest absolute Gasteiger partial charge is 0.314 e. The van der Waals surface area contributed by atoms with Gasteiger partial charge in [0.05, 0.1) is 5.92 Å². The highest BCUT2D eigenvalue weighted by Gasteiger charge is 2.27. The third kappa shape index (κ3) is 7.22. The highest BCUT2D eigenvalue weighted by molar-refractivity contribution is 5.75. The third-order valence-electron chi connectivity index (χ3n) is 5.61. The van der Waals surface area contributed by atoms with Gasteiger partial charge in [-0.3, -0.25) is 4.79 Å². The van der Waals surface area contributed by atoms with E-state index >= 15 is 0 Å². The van der Waals surface area contributed by atoms with Crippen LogP contribution in [0.1, 0.15) is 90.0 Å². The summed E-state index contributed by atoms with van der Waals surface area (Å²) < 4.78 is 5.63. The zero-order valence-corrected chi connectivity index (χ0v) is 16.3. The van der Waals surface area contributed by atoms with Gasteiger partial charge in [0.1, 0.15) is 5.75 Å². The van der Waals surface area contributed by atoms with E-state index in [0.29, 0.717) is 5.75 Å². The minimum Gasteiger partial charge on any atom is -0.426 e. The van der Waals surface area contributed by atoms with E-state index in [1.165, 1.54) is 63.4 Å². The van der Waals surface area contributed by atoms with Gasteiger partial charge in [-0.1, -0.05) is 64.5 Å². The summed E-state index contributed by atoms with van der Waals surface area (Å²) in [5.41, 5.74) is 1.34. The van der Waals surface area contributed by atoms with E-state index in [1.54, 1.807) is 0 Å². The molecule has 0 radical (unpaired) electrons. The first kappa shape index (κ1) is 20.0. The SMILES string of the molecule is CCCCCCc1ccc(OC(=O)[C@H]2CC[C@H](CCCC)CC2)cc1. The molecule has 2 nitrogen and oxygen atoms in total. The highest BCUT2D eigenvalue weighted by atomic mass is 16.5. The van der Waals surface area contributed by atoms with Crippen LogP contribution in [0.2, 0.25) is 0 Å². The third-order valence-corrected chi connectivity index (χ3v) is 5.61. The molecule has 0 aromatic heterocycles. The molecule has 0 saturated heterocycles. The van der Waals surface area contributed by atoms with Crippen molar-refractivity contribution in [2.24, 2.45) is 11.8 Å². The Labute approximate surface area is 154 Å². The summed E-state index contributed by atoms with van der Waals surface area (Å²) >= 11 is 0.